The Labute approximate surface area is 172 Å². The third-order valence-corrected chi connectivity index (χ3v) is 5.46. The van der Waals surface area contributed by atoms with Crippen molar-refractivity contribution in [3.63, 3.8) is 0 Å². The summed E-state index contributed by atoms with van der Waals surface area (Å²) in [7, 11) is 0. The van der Waals surface area contributed by atoms with Crippen LogP contribution in [0.5, 0.6) is 0 Å². The molecule has 9 nitrogen and oxygen atoms in total. The lowest BCUT2D eigenvalue weighted by atomic mass is 10.1. The highest BCUT2D eigenvalue weighted by Gasteiger charge is 2.22. The molecule has 0 atom stereocenters. The first-order valence-electron chi connectivity index (χ1n) is 10.1. The van der Waals surface area contributed by atoms with E-state index in [1.165, 1.54) is 0 Å². The van der Waals surface area contributed by atoms with Gasteiger partial charge >= 0.3 is 0 Å². The SMILES string of the molecule is Cc1ccn(-c2ccc(Cc3nc4c(c(C)nn4C4CCOCC4)c(=O)[nH]3)cn2)n1. The zero-order chi connectivity index (χ0) is 20.7. The molecule has 0 bridgehead atoms. The Morgan fingerprint density at radius 1 is 1.17 bits per heavy atom. The topological polar surface area (TPSA) is 104 Å². The van der Waals surface area contributed by atoms with Crippen molar-refractivity contribution in [1.82, 2.24) is 34.5 Å². The third kappa shape index (κ3) is 3.41. The van der Waals surface area contributed by atoms with Gasteiger partial charge in [-0.1, -0.05) is 6.07 Å². The minimum atomic E-state index is -0.151. The molecular formula is C21H23N7O2. The summed E-state index contributed by atoms with van der Waals surface area (Å²) in [6.07, 6.45) is 5.90. The van der Waals surface area contributed by atoms with Crippen molar-refractivity contribution in [3.8, 4) is 5.82 Å². The van der Waals surface area contributed by atoms with E-state index >= 15 is 0 Å². The molecule has 1 saturated heterocycles. The molecule has 154 valence electrons. The van der Waals surface area contributed by atoms with Crippen molar-refractivity contribution >= 4 is 11.0 Å². The van der Waals surface area contributed by atoms with Gasteiger partial charge in [-0.2, -0.15) is 10.2 Å². The van der Waals surface area contributed by atoms with E-state index in [1.54, 1.807) is 10.9 Å². The van der Waals surface area contributed by atoms with E-state index in [4.69, 9.17) is 9.72 Å². The zero-order valence-corrected chi connectivity index (χ0v) is 17.0. The molecule has 1 aliphatic heterocycles. The van der Waals surface area contributed by atoms with Gasteiger partial charge in [0, 0.05) is 32.0 Å². The first-order valence-corrected chi connectivity index (χ1v) is 10.1. The summed E-state index contributed by atoms with van der Waals surface area (Å²) in [6.45, 7) is 5.20. The highest BCUT2D eigenvalue weighted by atomic mass is 16.5. The van der Waals surface area contributed by atoms with Crippen LogP contribution in [-0.4, -0.2) is 47.7 Å². The fourth-order valence-corrected chi connectivity index (χ4v) is 3.92. The second-order valence-corrected chi connectivity index (χ2v) is 7.69. The predicted octanol–water partition coefficient (Wildman–Crippen LogP) is 2.26. The van der Waals surface area contributed by atoms with E-state index in [0.717, 1.165) is 29.9 Å². The molecule has 5 heterocycles. The van der Waals surface area contributed by atoms with Gasteiger partial charge in [-0.3, -0.25) is 4.79 Å². The molecule has 4 aromatic rings. The number of aromatic nitrogens is 7. The van der Waals surface area contributed by atoms with Crippen LogP contribution in [0.1, 0.15) is 41.7 Å². The first-order chi connectivity index (χ1) is 14.6. The largest absolute Gasteiger partial charge is 0.381 e. The van der Waals surface area contributed by atoms with Gasteiger partial charge in [-0.05, 0) is 44.4 Å². The Morgan fingerprint density at radius 3 is 2.70 bits per heavy atom. The Kier molecular flexibility index (Phi) is 4.66. The fraction of sp³-hybridized carbons (Fsp3) is 0.381. The number of rotatable bonds is 4. The second kappa shape index (κ2) is 7.49. The molecule has 0 unspecified atom stereocenters. The molecule has 1 aliphatic rings. The van der Waals surface area contributed by atoms with Crippen LogP contribution >= 0.6 is 0 Å². The lowest BCUT2D eigenvalue weighted by molar-refractivity contribution is 0.0672. The van der Waals surface area contributed by atoms with Gasteiger partial charge < -0.3 is 9.72 Å². The maximum atomic E-state index is 12.7. The molecule has 0 saturated carbocycles. The molecule has 1 fully saturated rings. The van der Waals surface area contributed by atoms with Crippen molar-refractivity contribution in [1.29, 1.82) is 0 Å². The molecule has 5 rings (SSSR count). The third-order valence-electron chi connectivity index (χ3n) is 5.46. The normalized spacial score (nSPS) is 15.1. The van der Waals surface area contributed by atoms with Crippen LogP contribution in [-0.2, 0) is 11.2 Å². The van der Waals surface area contributed by atoms with E-state index in [2.05, 4.69) is 20.2 Å². The summed E-state index contributed by atoms with van der Waals surface area (Å²) >= 11 is 0. The second-order valence-electron chi connectivity index (χ2n) is 7.69. The predicted molar refractivity (Wildman–Crippen MR) is 111 cm³/mol. The van der Waals surface area contributed by atoms with Gasteiger partial charge in [0.15, 0.2) is 11.5 Å². The van der Waals surface area contributed by atoms with Crippen molar-refractivity contribution in [2.24, 2.45) is 0 Å². The average Bonchev–Trinajstić information content (AvgIpc) is 3.33. The minimum Gasteiger partial charge on any atom is -0.381 e. The van der Waals surface area contributed by atoms with Gasteiger partial charge in [-0.15, -0.1) is 0 Å². The standard InChI is InChI=1S/C21H23N7O2/c1-13-5-8-27(25-13)18-4-3-15(12-22-18)11-17-23-20-19(21(29)24-17)14(2)26-28(20)16-6-9-30-10-7-16/h3-5,8,12,16H,6-7,9-11H2,1-2H3,(H,23,24,29). The van der Waals surface area contributed by atoms with E-state index < -0.39 is 0 Å². The molecule has 4 aromatic heterocycles. The van der Waals surface area contributed by atoms with Crippen LogP contribution in [0.3, 0.4) is 0 Å². The summed E-state index contributed by atoms with van der Waals surface area (Å²) in [5.41, 5.74) is 3.10. The van der Waals surface area contributed by atoms with Crippen molar-refractivity contribution in [3.05, 3.63) is 63.7 Å². The molecule has 0 amide bonds. The molecule has 0 spiro atoms. The zero-order valence-electron chi connectivity index (χ0n) is 17.0. The number of pyridine rings is 1. The number of hydrogen-bond donors (Lipinski definition) is 1. The van der Waals surface area contributed by atoms with Crippen LogP contribution in [0.25, 0.3) is 16.9 Å². The fourth-order valence-electron chi connectivity index (χ4n) is 3.92. The molecular weight excluding hydrogens is 382 g/mol. The van der Waals surface area contributed by atoms with E-state index in [0.29, 0.717) is 42.2 Å². The number of fused-ring (bicyclic) bond motifs is 1. The van der Waals surface area contributed by atoms with Gasteiger partial charge in [0.05, 0.1) is 17.4 Å². The van der Waals surface area contributed by atoms with E-state index in [1.807, 2.05) is 42.9 Å². The highest BCUT2D eigenvalue weighted by molar-refractivity contribution is 5.77. The number of nitrogens with one attached hydrogen (secondary N) is 1. The Morgan fingerprint density at radius 2 is 2.00 bits per heavy atom. The first kappa shape index (κ1) is 18.7. The molecule has 1 N–H and O–H groups in total. The Bertz CT molecular complexity index is 1250. The van der Waals surface area contributed by atoms with Gasteiger partial charge in [0.2, 0.25) is 0 Å². The Balaban J connectivity index is 1.46. The summed E-state index contributed by atoms with van der Waals surface area (Å²) < 4.78 is 9.11. The van der Waals surface area contributed by atoms with Crippen LogP contribution in [0, 0.1) is 13.8 Å². The number of nitrogens with zero attached hydrogens (tertiary/aromatic N) is 6. The van der Waals surface area contributed by atoms with Crippen LogP contribution in [0.2, 0.25) is 0 Å². The van der Waals surface area contributed by atoms with Crippen LogP contribution < -0.4 is 5.56 Å². The van der Waals surface area contributed by atoms with Gasteiger partial charge in [-0.25, -0.2) is 19.3 Å². The highest BCUT2D eigenvalue weighted by Crippen LogP contribution is 2.25. The Hall–Kier alpha value is -3.33. The number of hydrogen-bond acceptors (Lipinski definition) is 6. The minimum absolute atomic E-state index is 0.151. The van der Waals surface area contributed by atoms with Crippen molar-refractivity contribution in [2.75, 3.05) is 13.2 Å². The lowest BCUT2D eigenvalue weighted by Gasteiger charge is -2.22. The summed E-state index contributed by atoms with van der Waals surface area (Å²) in [4.78, 5) is 24.9. The quantitative estimate of drug-likeness (QED) is 0.559. The summed E-state index contributed by atoms with van der Waals surface area (Å²) in [5, 5.41) is 9.56. The smallest absolute Gasteiger partial charge is 0.262 e. The van der Waals surface area contributed by atoms with Crippen molar-refractivity contribution in [2.45, 2.75) is 39.2 Å². The lowest BCUT2D eigenvalue weighted by Crippen LogP contribution is -2.21. The molecule has 0 radical (unpaired) electrons. The van der Waals surface area contributed by atoms with Crippen molar-refractivity contribution < 1.29 is 4.74 Å². The molecule has 0 aliphatic carbocycles. The maximum absolute atomic E-state index is 12.7. The monoisotopic (exact) mass is 405 g/mol. The average molecular weight is 405 g/mol. The number of aromatic amines is 1. The summed E-state index contributed by atoms with van der Waals surface area (Å²) in [6, 6.07) is 6.03. The number of aryl methyl sites for hydroxylation is 2. The number of H-pyrrole nitrogens is 1. The van der Waals surface area contributed by atoms with E-state index in [-0.39, 0.29) is 11.6 Å². The molecule has 0 aromatic carbocycles. The van der Waals surface area contributed by atoms with Gasteiger partial charge in [0.25, 0.3) is 5.56 Å². The molecule has 30 heavy (non-hydrogen) atoms. The molecule has 9 heteroatoms. The van der Waals surface area contributed by atoms with Gasteiger partial charge in [0.1, 0.15) is 11.2 Å². The summed E-state index contributed by atoms with van der Waals surface area (Å²) in [5.74, 6) is 1.35. The van der Waals surface area contributed by atoms with Crippen LogP contribution in [0.15, 0.2) is 35.4 Å². The van der Waals surface area contributed by atoms with Crippen LogP contribution in [0.4, 0.5) is 0 Å². The van der Waals surface area contributed by atoms with E-state index in [9.17, 15) is 4.79 Å². The number of ether oxygens (including phenoxy) is 1. The maximum Gasteiger partial charge on any atom is 0.262 e.